The zero-order chi connectivity index (χ0) is 20.3. The van der Waals surface area contributed by atoms with Crippen LogP contribution in [0, 0.1) is 22.7 Å². The predicted molar refractivity (Wildman–Crippen MR) is 95.0 cm³/mol. The molecule has 3 aliphatic rings. The molecule has 0 amide bonds. The van der Waals surface area contributed by atoms with Gasteiger partial charge in [-0.2, -0.15) is 18.4 Å². The molecule has 0 aromatic carbocycles. The largest absolute Gasteiger partial charge is 0.481 e. The van der Waals surface area contributed by atoms with Crippen LogP contribution in [0.2, 0.25) is 0 Å². The first-order chi connectivity index (χ1) is 13.1. The minimum Gasteiger partial charge on any atom is -0.481 e. The van der Waals surface area contributed by atoms with Crippen LogP contribution in [0.15, 0.2) is 6.07 Å². The summed E-state index contributed by atoms with van der Waals surface area (Å²) in [5, 5.41) is 18.5. The Hall–Kier alpha value is -2.50. The Morgan fingerprint density at radius 2 is 2.11 bits per heavy atom. The lowest BCUT2D eigenvalue weighted by molar-refractivity contribution is -0.149. The number of pyridine rings is 1. The van der Waals surface area contributed by atoms with E-state index in [1.165, 1.54) is 0 Å². The average molecular weight is 394 g/mol. The van der Waals surface area contributed by atoms with Crippen LogP contribution in [0.25, 0.3) is 0 Å². The summed E-state index contributed by atoms with van der Waals surface area (Å²) in [4.78, 5) is 19.1. The number of aromatic nitrogens is 1. The standard InChI is InChI=1S/C19H21F3N4O2/c1-11-2-4-26(11)16-13(9-23)14(19(20,21)22)6-15(24-16)25-5-3-18(10-25)7-12(8-18)17(27)28/h6,11-12H,2-5,7-8,10H2,1H3,(H,27,28)/t11-,12?,18?/m0/s1. The molecule has 0 unspecified atom stereocenters. The Labute approximate surface area is 160 Å². The van der Waals surface area contributed by atoms with Crippen LogP contribution in [-0.2, 0) is 11.0 Å². The lowest BCUT2D eigenvalue weighted by atomic mass is 9.61. The van der Waals surface area contributed by atoms with Gasteiger partial charge in [0.15, 0.2) is 0 Å². The number of carboxylic acid groups (broad SMARTS) is 1. The van der Waals surface area contributed by atoms with Crippen molar-refractivity contribution in [3.63, 3.8) is 0 Å². The number of carbonyl (C=O) groups is 1. The smallest absolute Gasteiger partial charge is 0.417 e. The molecule has 6 nitrogen and oxygen atoms in total. The highest BCUT2D eigenvalue weighted by Gasteiger charge is 2.51. The second-order valence-electron chi connectivity index (χ2n) is 8.28. The maximum atomic E-state index is 13.7. The highest BCUT2D eigenvalue weighted by atomic mass is 19.4. The van der Waals surface area contributed by atoms with Gasteiger partial charge in [0.05, 0.1) is 11.5 Å². The predicted octanol–water partition coefficient (Wildman–Crippen LogP) is 3.26. The van der Waals surface area contributed by atoms with E-state index < -0.39 is 23.3 Å². The third-order valence-electron chi connectivity index (χ3n) is 6.47. The maximum absolute atomic E-state index is 13.7. The lowest BCUT2D eigenvalue weighted by Gasteiger charge is -2.43. The average Bonchev–Trinajstić information content (AvgIpc) is 3.03. The van der Waals surface area contributed by atoms with E-state index in [4.69, 9.17) is 5.11 Å². The van der Waals surface area contributed by atoms with Gasteiger partial charge in [-0.1, -0.05) is 0 Å². The second-order valence-corrected chi connectivity index (χ2v) is 8.28. The Morgan fingerprint density at radius 1 is 1.39 bits per heavy atom. The molecule has 1 aromatic rings. The molecule has 2 saturated heterocycles. The molecule has 150 valence electrons. The summed E-state index contributed by atoms with van der Waals surface area (Å²) in [5.41, 5.74) is -1.53. The van der Waals surface area contributed by atoms with Crippen molar-refractivity contribution in [1.82, 2.24) is 4.98 Å². The van der Waals surface area contributed by atoms with Crippen molar-refractivity contribution in [2.45, 2.75) is 44.8 Å². The van der Waals surface area contributed by atoms with Crippen LogP contribution in [-0.4, -0.2) is 41.7 Å². The highest BCUT2D eigenvalue weighted by molar-refractivity contribution is 5.71. The fourth-order valence-electron chi connectivity index (χ4n) is 4.68. The van der Waals surface area contributed by atoms with E-state index in [0.717, 1.165) is 18.9 Å². The molecule has 0 bridgehead atoms. The van der Waals surface area contributed by atoms with Crippen molar-refractivity contribution in [3.8, 4) is 6.07 Å². The molecule has 1 saturated carbocycles. The minimum absolute atomic E-state index is 0.0452. The van der Waals surface area contributed by atoms with Crippen molar-refractivity contribution in [2.24, 2.45) is 11.3 Å². The molecule has 4 rings (SSSR count). The highest BCUT2D eigenvalue weighted by Crippen LogP contribution is 2.52. The van der Waals surface area contributed by atoms with Crippen molar-refractivity contribution < 1.29 is 23.1 Å². The quantitative estimate of drug-likeness (QED) is 0.848. The molecular formula is C19H21F3N4O2. The minimum atomic E-state index is -4.64. The molecule has 1 aromatic heterocycles. The van der Waals surface area contributed by atoms with Gasteiger partial charge < -0.3 is 14.9 Å². The first-order valence-corrected chi connectivity index (χ1v) is 9.40. The van der Waals surface area contributed by atoms with Gasteiger partial charge in [-0.25, -0.2) is 4.98 Å². The van der Waals surface area contributed by atoms with Crippen LogP contribution in [0.5, 0.6) is 0 Å². The van der Waals surface area contributed by atoms with Crippen LogP contribution in [0.1, 0.15) is 43.7 Å². The number of nitriles is 1. The van der Waals surface area contributed by atoms with Gasteiger partial charge in [-0.15, -0.1) is 0 Å². The first-order valence-electron chi connectivity index (χ1n) is 9.40. The molecule has 2 aliphatic heterocycles. The number of anilines is 2. The number of aliphatic carboxylic acids is 1. The molecule has 28 heavy (non-hydrogen) atoms. The van der Waals surface area contributed by atoms with Gasteiger partial charge in [0, 0.05) is 25.7 Å². The van der Waals surface area contributed by atoms with Gasteiger partial charge >= 0.3 is 12.1 Å². The monoisotopic (exact) mass is 394 g/mol. The lowest BCUT2D eigenvalue weighted by Crippen LogP contribution is -2.47. The molecule has 0 radical (unpaired) electrons. The van der Waals surface area contributed by atoms with Crippen LogP contribution in [0.3, 0.4) is 0 Å². The summed E-state index contributed by atoms with van der Waals surface area (Å²) in [5.74, 6) is -0.855. The zero-order valence-corrected chi connectivity index (χ0v) is 15.5. The van der Waals surface area contributed by atoms with E-state index in [0.29, 0.717) is 32.5 Å². The van der Waals surface area contributed by atoms with E-state index >= 15 is 0 Å². The zero-order valence-electron chi connectivity index (χ0n) is 15.5. The first kappa shape index (κ1) is 18.8. The number of rotatable bonds is 3. The second kappa shape index (κ2) is 6.26. The Kier molecular flexibility index (Phi) is 4.21. The Morgan fingerprint density at radius 3 is 2.61 bits per heavy atom. The van der Waals surface area contributed by atoms with Crippen molar-refractivity contribution in [2.75, 3.05) is 29.4 Å². The number of hydrogen-bond acceptors (Lipinski definition) is 5. The van der Waals surface area contributed by atoms with E-state index in [2.05, 4.69) is 4.98 Å². The molecule has 9 heteroatoms. The Balaban J connectivity index is 1.67. The van der Waals surface area contributed by atoms with Gasteiger partial charge in [0.1, 0.15) is 23.3 Å². The molecule has 1 atom stereocenters. The summed E-state index contributed by atoms with van der Waals surface area (Å²) in [6.45, 7) is 3.52. The molecule has 3 heterocycles. The summed E-state index contributed by atoms with van der Waals surface area (Å²) < 4.78 is 41.0. The van der Waals surface area contributed by atoms with Gasteiger partial charge in [0.25, 0.3) is 0 Å². The Bertz CT molecular complexity index is 858. The number of hydrogen-bond donors (Lipinski definition) is 1. The summed E-state index contributed by atoms with van der Waals surface area (Å²) in [6, 6.07) is 2.72. The maximum Gasteiger partial charge on any atom is 0.417 e. The van der Waals surface area contributed by atoms with E-state index in [1.54, 1.807) is 11.0 Å². The number of nitrogens with zero attached hydrogens (tertiary/aromatic N) is 4. The SMILES string of the molecule is C[C@H]1CCN1c1nc(N2CCC3(CC(C(=O)O)C3)C2)cc(C(F)(F)F)c1C#N. The number of alkyl halides is 3. The van der Waals surface area contributed by atoms with E-state index in [9.17, 15) is 23.2 Å². The van der Waals surface area contributed by atoms with Crippen molar-refractivity contribution >= 4 is 17.6 Å². The van der Waals surface area contributed by atoms with Crippen LogP contribution < -0.4 is 9.80 Å². The molecular weight excluding hydrogens is 373 g/mol. The number of carboxylic acids is 1. The summed E-state index contributed by atoms with van der Waals surface area (Å²) >= 11 is 0. The van der Waals surface area contributed by atoms with Crippen molar-refractivity contribution in [1.29, 1.82) is 5.26 Å². The summed E-state index contributed by atoms with van der Waals surface area (Å²) in [7, 11) is 0. The normalized spacial score (nSPS) is 29.4. The molecule has 1 aliphatic carbocycles. The topological polar surface area (TPSA) is 80.5 Å². The van der Waals surface area contributed by atoms with Gasteiger partial charge in [-0.05, 0) is 44.1 Å². The van der Waals surface area contributed by atoms with E-state index in [1.807, 2.05) is 11.8 Å². The fraction of sp³-hybridized carbons (Fsp3) is 0.632. The van der Waals surface area contributed by atoms with Crippen LogP contribution in [0.4, 0.5) is 24.8 Å². The summed E-state index contributed by atoms with van der Waals surface area (Å²) in [6.07, 6.45) is -1.95. The number of halogens is 3. The third-order valence-corrected chi connectivity index (χ3v) is 6.47. The molecule has 1 spiro atoms. The van der Waals surface area contributed by atoms with Crippen molar-refractivity contribution in [3.05, 3.63) is 17.2 Å². The van der Waals surface area contributed by atoms with E-state index in [-0.39, 0.29) is 29.0 Å². The van der Waals surface area contributed by atoms with Gasteiger partial charge in [0.2, 0.25) is 0 Å². The fourth-order valence-corrected chi connectivity index (χ4v) is 4.68. The third kappa shape index (κ3) is 2.95. The van der Waals surface area contributed by atoms with Crippen LogP contribution >= 0.6 is 0 Å². The van der Waals surface area contributed by atoms with Gasteiger partial charge in [-0.3, -0.25) is 4.79 Å². The molecule has 1 N–H and O–H groups in total. The molecule has 3 fully saturated rings.